The van der Waals surface area contributed by atoms with E-state index >= 15 is 0 Å². The van der Waals surface area contributed by atoms with Gasteiger partial charge in [-0.1, -0.05) is 40.6 Å². The average molecular weight is 422 g/mol. The number of aromatic nitrogens is 1. The Bertz CT molecular complexity index is 765. The van der Waals surface area contributed by atoms with Gasteiger partial charge in [0.2, 0.25) is 0 Å². The SMILES string of the molecule is CC(C)(C)[S+]([O-])NC(c1ccc(Cl)c(Cl)c1)c1cnc(NC(=O)O)s1. The van der Waals surface area contributed by atoms with Crippen LogP contribution in [0, 0.1) is 0 Å². The Morgan fingerprint density at radius 2 is 2.04 bits per heavy atom. The molecule has 2 atom stereocenters. The van der Waals surface area contributed by atoms with E-state index in [1.807, 2.05) is 20.8 Å². The molecule has 0 aliphatic rings. The molecule has 2 unspecified atom stereocenters. The smallest absolute Gasteiger partial charge is 0.410 e. The highest BCUT2D eigenvalue weighted by Crippen LogP contribution is 2.34. The summed E-state index contributed by atoms with van der Waals surface area (Å²) in [7, 11) is 0. The zero-order valence-corrected chi connectivity index (χ0v) is 16.8. The highest BCUT2D eigenvalue weighted by molar-refractivity contribution is 7.90. The lowest BCUT2D eigenvalue weighted by atomic mass is 10.1. The zero-order chi connectivity index (χ0) is 18.8. The number of hydrogen-bond acceptors (Lipinski definition) is 5. The fraction of sp³-hybridized carbons (Fsp3) is 0.333. The molecule has 10 heteroatoms. The molecule has 0 spiro atoms. The van der Waals surface area contributed by atoms with Crippen molar-refractivity contribution in [2.45, 2.75) is 31.6 Å². The van der Waals surface area contributed by atoms with Crippen LogP contribution in [-0.2, 0) is 11.4 Å². The Morgan fingerprint density at radius 1 is 1.36 bits per heavy atom. The summed E-state index contributed by atoms with van der Waals surface area (Å²) in [6.07, 6.45) is 0.342. The maximum Gasteiger partial charge on any atom is 0.410 e. The molecule has 2 aromatic rings. The summed E-state index contributed by atoms with van der Waals surface area (Å²) in [5.74, 6) is 0. The third-order valence-electron chi connectivity index (χ3n) is 3.08. The Hall–Kier alpha value is -1.03. The minimum absolute atomic E-state index is 0.232. The van der Waals surface area contributed by atoms with Crippen LogP contribution in [0.2, 0.25) is 10.0 Å². The van der Waals surface area contributed by atoms with Crippen LogP contribution < -0.4 is 10.0 Å². The standard InChI is InChI=1S/C15H17Cl2N3O3S2/c1-15(2,3)25(23)20-12(8-4-5-9(16)10(17)6-8)11-7-18-13(24-11)19-14(21)22/h4-7,12,20H,1-3H3,(H,18,19)(H,21,22). The number of nitrogens with one attached hydrogen (secondary N) is 2. The second-order valence-corrected chi connectivity index (χ2v) is 9.98. The molecule has 1 heterocycles. The first-order valence-corrected chi connectivity index (χ1v) is 9.89. The van der Waals surface area contributed by atoms with Gasteiger partial charge in [-0.3, -0.25) is 5.32 Å². The van der Waals surface area contributed by atoms with Gasteiger partial charge in [0.1, 0.15) is 10.8 Å². The zero-order valence-electron chi connectivity index (χ0n) is 13.7. The Morgan fingerprint density at radius 3 is 2.60 bits per heavy atom. The number of nitrogens with zero attached hydrogens (tertiary/aromatic N) is 1. The van der Waals surface area contributed by atoms with Crippen LogP contribution in [0.3, 0.4) is 0 Å². The van der Waals surface area contributed by atoms with Crippen molar-refractivity contribution in [3.8, 4) is 0 Å². The predicted molar refractivity (Wildman–Crippen MR) is 103 cm³/mol. The van der Waals surface area contributed by atoms with Gasteiger partial charge in [-0.25, -0.2) is 9.78 Å². The van der Waals surface area contributed by atoms with Crippen molar-refractivity contribution in [3.63, 3.8) is 0 Å². The number of carboxylic acid groups (broad SMARTS) is 1. The van der Waals surface area contributed by atoms with Crippen LogP contribution >= 0.6 is 34.5 Å². The summed E-state index contributed by atoms with van der Waals surface area (Å²) in [6.45, 7) is 5.56. The molecule has 3 N–H and O–H groups in total. The van der Waals surface area contributed by atoms with Crippen molar-refractivity contribution < 1.29 is 14.5 Å². The molecule has 0 saturated heterocycles. The van der Waals surface area contributed by atoms with Crippen molar-refractivity contribution in [2.75, 3.05) is 5.32 Å². The minimum atomic E-state index is -1.37. The Balaban J connectivity index is 2.39. The largest absolute Gasteiger partial charge is 0.598 e. The third-order valence-corrected chi connectivity index (χ3v) is 6.36. The van der Waals surface area contributed by atoms with Crippen molar-refractivity contribution in [1.82, 2.24) is 9.71 Å². The molecule has 1 amide bonds. The van der Waals surface area contributed by atoms with Gasteiger partial charge in [0.15, 0.2) is 5.13 Å². The third kappa shape index (κ3) is 5.47. The first kappa shape index (κ1) is 20.3. The van der Waals surface area contributed by atoms with Gasteiger partial charge in [-0.05, 0) is 38.5 Å². The predicted octanol–water partition coefficient (Wildman–Crippen LogP) is 4.68. The number of halogens is 2. The van der Waals surface area contributed by atoms with E-state index in [1.165, 1.54) is 6.20 Å². The van der Waals surface area contributed by atoms with Crippen LogP contribution in [-0.4, -0.2) is 25.5 Å². The van der Waals surface area contributed by atoms with Gasteiger partial charge in [0, 0.05) is 17.6 Å². The fourth-order valence-corrected chi connectivity index (χ4v) is 3.93. The van der Waals surface area contributed by atoms with Crippen LogP contribution in [0.25, 0.3) is 0 Å². The molecular weight excluding hydrogens is 405 g/mol. The quantitative estimate of drug-likeness (QED) is 0.608. The number of rotatable bonds is 5. The summed E-state index contributed by atoms with van der Waals surface area (Å²) in [6, 6.07) is 4.64. The maximum atomic E-state index is 12.6. The monoisotopic (exact) mass is 421 g/mol. The van der Waals surface area contributed by atoms with E-state index in [1.54, 1.807) is 18.2 Å². The molecule has 0 aliphatic heterocycles. The highest BCUT2D eigenvalue weighted by atomic mass is 35.5. The number of hydrogen-bond donors (Lipinski definition) is 3. The van der Waals surface area contributed by atoms with E-state index in [0.717, 1.165) is 16.9 Å². The number of amides is 1. The molecule has 1 aromatic carbocycles. The van der Waals surface area contributed by atoms with Crippen molar-refractivity contribution in [3.05, 3.63) is 44.9 Å². The lowest BCUT2D eigenvalue weighted by molar-refractivity contribution is 0.209. The average Bonchev–Trinajstić information content (AvgIpc) is 2.93. The number of carbonyl (C=O) groups is 1. The number of benzene rings is 1. The molecule has 0 radical (unpaired) electrons. The second kappa shape index (κ2) is 8.11. The van der Waals surface area contributed by atoms with Crippen molar-refractivity contribution in [1.29, 1.82) is 0 Å². The lowest BCUT2D eigenvalue weighted by Crippen LogP contribution is -2.41. The fourth-order valence-electron chi connectivity index (χ4n) is 1.84. The molecule has 2 rings (SSSR count). The molecule has 0 aliphatic carbocycles. The Labute approximate surface area is 162 Å². The molecule has 6 nitrogen and oxygen atoms in total. The number of thiazole rings is 1. The van der Waals surface area contributed by atoms with Crippen molar-refractivity contribution >= 4 is 57.1 Å². The van der Waals surface area contributed by atoms with Gasteiger partial charge in [-0.2, -0.15) is 0 Å². The number of anilines is 1. The van der Waals surface area contributed by atoms with E-state index in [9.17, 15) is 9.35 Å². The minimum Gasteiger partial charge on any atom is -0.598 e. The van der Waals surface area contributed by atoms with Crippen LogP contribution in [0.15, 0.2) is 24.4 Å². The second-order valence-electron chi connectivity index (χ2n) is 6.10. The Kier molecular flexibility index (Phi) is 6.58. The molecule has 0 saturated carbocycles. The first-order valence-electron chi connectivity index (χ1n) is 7.16. The maximum absolute atomic E-state index is 12.6. The topological polar surface area (TPSA) is 97.3 Å². The molecule has 25 heavy (non-hydrogen) atoms. The van der Waals surface area contributed by atoms with Crippen molar-refractivity contribution in [2.24, 2.45) is 0 Å². The van der Waals surface area contributed by atoms with Gasteiger partial charge in [-0.15, -0.1) is 4.72 Å². The summed E-state index contributed by atoms with van der Waals surface area (Å²) >= 11 is 11.9. The summed E-state index contributed by atoms with van der Waals surface area (Å²) in [4.78, 5) is 15.5. The first-order chi connectivity index (χ1) is 11.6. The summed E-state index contributed by atoms with van der Waals surface area (Å²) in [5, 5.41) is 12.0. The lowest BCUT2D eigenvalue weighted by Gasteiger charge is -2.27. The van der Waals surface area contributed by atoms with Gasteiger partial charge < -0.3 is 9.66 Å². The molecule has 136 valence electrons. The van der Waals surface area contributed by atoms with Crippen LogP contribution in [0.1, 0.15) is 37.3 Å². The molecular formula is C15H17Cl2N3O3S2. The van der Waals surface area contributed by atoms with Gasteiger partial charge in [0.05, 0.1) is 14.9 Å². The van der Waals surface area contributed by atoms with Gasteiger partial charge in [0.25, 0.3) is 0 Å². The molecule has 0 bridgehead atoms. The summed E-state index contributed by atoms with van der Waals surface area (Å²) < 4.78 is 15.2. The molecule has 1 aromatic heterocycles. The van der Waals surface area contributed by atoms with E-state index in [-0.39, 0.29) is 5.13 Å². The van der Waals surface area contributed by atoms with Gasteiger partial charge >= 0.3 is 6.09 Å². The summed E-state index contributed by atoms with van der Waals surface area (Å²) in [5.41, 5.74) is 0.748. The van der Waals surface area contributed by atoms with E-state index in [4.69, 9.17) is 28.3 Å². The van der Waals surface area contributed by atoms with Crippen LogP contribution in [0.5, 0.6) is 0 Å². The van der Waals surface area contributed by atoms with E-state index < -0.39 is 28.2 Å². The normalized spacial score (nSPS) is 14.2. The highest BCUT2D eigenvalue weighted by Gasteiger charge is 2.31. The molecule has 0 fully saturated rings. The van der Waals surface area contributed by atoms with Crippen LogP contribution in [0.4, 0.5) is 9.93 Å². The van der Waals surface area contributed by atoms with E-state index in [2.05, 4.69) is 15.0 Å². The van der Waals surface area contributed by atoms with E-state index in [0.29, 0.717) is 14.9 Å².